The van der Waals surface area contributed by atoms with Crippen molar-refractivity contribution in [1.29, 1.82) is 0 Å². The van der Waals surface area contributed by atoms with E-state index in [1.165, 1.54) is 25.3 Å². The molecule has 0 aliphatic carbocycles. The molecule has 2 heterocycles. The molecule has 2 atom stereocenters. The predicted molar refractivity (Wildman–Crippen MR) is 147 cm³/mol. The minimum absolute atomic E-state index is 0.0528. The van der Waals surface area contributed by atoms with Crippen molar-refractivity contribution in [2.24, 2.45) is 32.9 Å². The Labute approximate surface area is 245 Å². The van der Waals surface area contributed by atoms with E-state index in [1.54, 1.807) is 25.1 Å². The summed E-state index contributed by atoms with van der Waals surface area (Å²) in [5, 5.41) is 0. The first kappa shape index (κ1) is 33.3. The van der Waals surface area contributed by atoms with Crippen LogP contribution in [0.5, 0.6) is 17.2 Å². The number of ether oxygens (including phenoxy) is 3. The fourth-order valence-electron chi connectivity index (χ4n) is 4.13. The Bertz CT molecular complexity index is 1560. The molecule has 2 aromatic carbocycles. The molecule has 0 aromatic heterocycles. The average molecular weight is 629 g/mol. The van der Waals surface area contributed by atoms with Gasteiger partial charge in [-0.1, -0.05) is 31.2 Å². The Morgan fingerprint density at radius 2 is 1.34 bits per heavy atom. The van der Waals surface area contributed by atoms with Gasteiger partial charge in [0.1, 0.15) is 17.2 Å². The van der Waals surface area contributed by atoms with E-state index in [0.717, 1.165) is 12.2 Å². The molecule has 44 heavy (non-hydrogen) atoms. The van der Waals surface area contributed by atoms with E-state index in [1.807, 2.05) is 0 Å². The molecule has 0 saturated carbocycles. The van der Waals surface area contributed by atoms with Gasteiger partial charge in [0.2, 0.25) is 12.2 Å². The maximum atomic E-state index is 13.2. The molecule has 2 aliphatic rings. The summed E-state index contributed by atoms with van der Waals surface area (Å²) >= 11 is 0. The van der Waals surface area contributed by atoms with Crippen LogP contribution in [0.1, 0.15) is 23.6 Å². The number of carbonyl (C=O) groups is 2. The number of carbonyl (C=O) groups excluding carboxylic acids is 2. The van der Waals surface area contributed by atoms with Crippen LogP contribution < -0.4 is 37.1 Å². The molecule has 0 saturated heterocycles. The highest BCUT2D eigenvalue weighted by atomic mass is 19.4. The zero-order chi connectivity index (χ0) is 33.0. The number of alkyl halides is 6. The summed E-state index contributed by atoms with van der Waals surface area (Å²) in [6, 6.07) is 9.24. The summed E-state index contributed by atoms with van der Waals surface area (Å²) in [6.45, 7) is 1.80. The van der Waals surface area contributed by atoms with Crippen LogP contribution in [-0.2, 0) is 16.0 Å². The van der Waals surface area contributed by atoms with Gasteiger partial charge in [0.15, 0.2) is 11.9 Å². The number of para-hydroxylation sites is 1. The van der Waals surface area contributed by atoms with Crippen LogP contribution in [0.2, 0.25) is 0 Å². The van der Waals surface area contributed by atoms with Gasteiger partial charge in [-0.3, -0.25) is 9.59 Å². The molecule has 4 rings (SSSR count). The van der Waals surface area contributed by atoms with E-state index in [4.69, 9.17) is 37.1 Å². The monoisotopic (exact) mass is 628 g/mol. The standard InChI is InChI=1S/C14H14F3N3O2.C13H12F3N3O3/c1-2-7-4-3-5-8-6-9(12(21)20-13(18)19)11(14(15,16)17)22-10(7)8;1-21-8-3-2-4-9-6(8)5-7(11(20)19-12(17)18)10(22-9)13(14,15)16/h3-6,11H,2H2,1H3,(H4,18,19,20,21);2-5,10H,1H3,(H4,17,18,19,20). The van der Waals surface area contributed by atoms with Crippen molar-refractivity contribution < 1.29 is 50.1 Å². The number of amides is 2. The number of benzene rings is 2. The number of methoxy groups -OCH3 is 1. The van der Waals surface area contributed by atoms with Crippen LogP contribution in [0, 0.1) is 0 Å². The molecule has 0 fully saturated rings. The average Bonchev–Trinajstić information content (AvgIpc) is 2.93. The van der Waals surface area contributed by atoms with Gasteiger partial charge in [-0.05, 0) is 36.3 Å². The van der Waals surface area contributed by atoms with E-state index >= 15 is 0 Å². The lowest BCUT2D eigenvalue weighted by molar-refractivity contribution is -0.185. The summed E-state index contributed by atoms with van der Waals surface area (Å²) < 4.78 is 93.9. The summed E-state index contributed by atoms with van der Waals surface area (Å²) in [5.41, 5.74) is 20.0. The van der Waals surface area contributed by atoms with Crippen LogP contribution in [0.15, 0.2) is 57.5 Å². The molecule has 2 amide bonds. The third kappa shape index (κ3) is 7.59. The van der Waals surface area contributed by atoms with Gasteiger partial charge in [-0.2, -0.15) is 36.3 Å². The lowest BCUT2D eigenvalue weighted by atomic mass is 9.97. The number of guanidine groups is 2. The molecular weight excluding hydrogens is 602 g/mol. The predicted octanol–water partition coefficient (Wildman–Crippen LogP) is 2.96. The first-order valence-corrected chi connectivity index (χ1v) is 12.4. The molecule has 236 valence electrons. The lowest BCUT2D eigenvalue weighted by Gasteiger charge is -2.28. The van der Waals surface area contributed by atoms with Crippen molar-refractivity contribution in [1.82, 2.24) is 0 Å². The number of halogens is 6. The minimum atomic E-state index is -4.80. The molecule has 0 radical (unpaired) electrons. The Hall–Kier alpha value is -5.22. The first-order valence-electron chi connectivity index (χ1n) is 12.4. The molecule has 17 heteroatoms. The van der Waals surface area contributed by atoms with Crippen molar-refractivity contribution >= 4 is 35.9 Å². The van der Waals surface area contributed by atoms with Gasteiger partial charge in [0.05, 0.1) is 23.8 Å². The summed E-state index contributed by atoms with van der Waals surface area (Å²) in [7, 11) is 1.34. The smallest absolute Gasteiger partial charge is 0.429 e. The molecule has 2 aromatic rings. The number of hydrogen-bond donors (Lipinski definition) is 4. The van der Waals surface area contributed by atoms with Crippen molar-refractivity contribution in [3.8, 4) is 17.2 Å². The van der Waals surface area contributed by atoms with E-state index in [2.05, 4.69) is 9.98 Å². The van der Waals surface area contributed by atoms with Gasteiger partial charge in [0.25, 0.3) is 11.8 Å². The fraction of sp³-hybridized carbons (Fsp3) is 0.259. The number of fused-ring (bicyclic) bond motifs is 2. The second kappa shape index (κ2) is 13.0. The number of rotatable bonds is 4. The highest BCUT2D eigenvalue weighted by molar-refractivity contribution is 6.06. The maximum absolute atomic E-state index is 13.2. The topological polar surface area (TPSA) is 191 Å². The first-order chi connectivity index (χ1) is 20.5. The summed E-state index contributed by atoms with van der Waals surface area (Å²) in [5.74, 6) is -3.32. The molecular formula is C27H26F6N6O5. The number of nitrogens with zero attached hydrogens (tertiary/aromatic N) is 2. The number of aryl methyl sites for hydroxylation is 1. The second-order valence-electron chi connectivity index (χ2n) is 9.02. The lowest BCUT2D eigenvalue weighted by Crippen LogP contribution is -2.40. The zero-order valence-corrected chi connectivity index (χ0v) is 23.0. The van der Waals surface area contributed by atoms with Crippen molar-refractivity contribution in [2.45, 2.75) is 37.9 Å². The van der Waals surface area contributed by atoms with Gasteiger partial charge in [-0.25, -0.2) is 0 Å². The van der Waals surface area contributed by atoms with E-state index in [-0.39, 0.29) is 22.8 Å². The van der Waals surface area contributed by atoms with Gasteiger partial charge < -0.3 is 37.1 Å². The third-order valence-electron chi connectivity index (χ3n) is 5.96. The van der Waals surface area contributed by atoms with Crippen LogP contribution in [0.3, 0.4) is 0 Å². The van der Waals surface area contributed by atoms with Crippen LogP contribution in [0.25, 0.3) is 12.2 Å². The van der Waals surface area contributed by atoms with Crippen molar-refractivity contribution in [2.75, 3.05) is 7.11 Å². The Kier molecular flexibility index (Phi) is 9.81. The third-order valence-corrected chi connectivity index (χ3v) is 5.96. The van der Waals surface area contributed by atoms with E-state index < -0.39 is 59.4 Å². The number of nitrogens with two attached hydrogens (primary N) is 4. The van der Waals surface area contributed by atoms with Crippen LogP contribution in [0.4, 0.5) is 26.3 Å². The Balaban J connectivity index is 0.000000240. The molecule has 0 bridgehead atoms. The molecule has 8 N–H and O–H groups in total. The van der Waals surface area contributed by atoms with Gasteiger partial charge >= 0.3 is 12.4 Å². The highest BCUT2D eigenvalue weighted by Crippen LogP contribution is 2.41. The largest absolute Gasteiger partial charge is 0.496 e. The summed E-state index contributed by atoms with van der Waals surface area (Å²) in [6.07, 6.45) is -11.8. The van der Waals surface area contributed by atoms with Crippen LogP contribution in [-0.4, -0.2) is 55.4 Å². The van der Waals surface area contributed by atoms with Crippen molar-refractivity contribution in [3.63, 3.8) is 0 Å². The summed E-state index contributed by atoms with van der Waals surface area (Å²) in [4.78, 5) is 30.0. The normalized spacial score (nSPS) is 17.0. The number of hydrogen-bond acceptors (Lipinski definition) is 5. The highest BCUT2D eigenvalue weighted by Gasteiger charge is 2.49. The molecule has 2 unspecified atom stereocenters. The fourth-order valence-corrected chi connectivity index (χ4v) is 4.13. The number of aliphatic imine (C=N–C) groups is 2. The quantitative estimate of drug-likeness (QED) is 0.224. The van der Waals surface area contributed by atoms with Crippen LogP contribution >= 0.6 is 0 Å². The molecule has 11 nitrogen and oxygen atoms in total. The Morgan fingerprint density at radius 3 is 1.84 bits per heavy atom. The minimum Gasteiger partial charge on any atom is -0.496 e. The zero-order valence-electron chi connectivity index (χ0n) is 23.0. The van der Waals surface area contributed by atoms with Gasteiger partial charge in [0, 0.05) is 5.56 Å². The maximum Gasteiger partial charge on any atom is 0.429 e. The van der Waals surface area contributed by atoms with E-state index in [9.17, 15) is 35.9 Å². The molecule has 2 aliphatic heterocycles. The van der Waals surface area contributed by atoms with Gasteiger partial charge in [-0.15, -0.1) is 0 Å². The van der Waals surface area contributed by atoms with Crippen molar-refractivity contribution in [3.05, 3.63) is 64.2 Å². The van der Waals surface area contributed by atoms with E-state index in [0.29, 0.717) is 17.5 Å². The Morgan fingerprint density at radius 1 is 0.818 bits per heavy atom. The molecule has 0 spiro atoms. The SMILES string of the molecule is CCc1cccc2c1OC(C(F)(F)F)C(C(=O)N=C(N)N)=C2.COc1cccc2c1C=C(C(=O)N=C(N)N)C(C(F)(F)F)O2. The second-order valence-corrected chi connectivity index (χ2v) is 9.02.